The van der Waals surface area contributed by atoms with E-state index in [1.807, 2.05) is 24.3 Å². The van der Waals surface area contributed by atoms with Crippen molar-refractivity contribution in [3.8, 4) is 5.75 Å². The van der Waals surface area contributed by atoms with Crippen LogP contribution >= 0.6 is 11.6 Å². The Bertz CT molecular complexity index is 551. The molecule has 19 heavy (non-hydrogen) atoms. The van der Waals surface area contributed by atoms with Gasteiger partial charge in [0.2, 0.25) is 11.2 Å². The SMILES string of the molecule is COc1ccc(CNC(=O)Cn2ccnc2Cl)cc1. The lowest BCUT2D eigenvalue weighted by Gasteiger charge is -2.07. The number of methoxy groups -OCH3 is 1. The van der Waals surface area contributed by atoms with Gasteiger partial charge in [-0.25, -0.2) is 4.98 Å². The number of carbonyl (C=O) groups is 1. The Morgan fingerprint density at radius 1 is 1.42 bits per heavy atom. The number of imidazole rings is 1. The van der Waals surface area contributed by atoms with Crippen LogP contribution < -0.4 is 10.1 Å². The molecule has 0 fully saturated rings. The second-order valence-electron chi connectivity index (χ2n) is 3.95. The van der Waals surface area contributed by atoms with Crippen LogP contribution in [-0.2, 0) is 17.9 Å². The van der Waals surface area contributed by atoms with Crippen LogP contribution in [0.2, 0.25) is 5.28 Å². The predicted molar refractivity (Wildman–Crippen MR) is 72.1 cm³/mol. The van der Waals surface area contributed by atoms with Gasteiger partial charge < -0.3 is 14.6 Å². The smallest absolute Gasteiger partial charge is 0.240 e. The maximum absolute atomic E-state index is 11.7. The molecular formula is C13H14ClN3O2. The first-order chi connectivity index (χ1) is 9.19. The second-order valence-corrected chi connectivity index (χ2v) is 4.29. The van der Waals surface area contributed by atoms with Crippen LogP contribution in [0.1, 0.15) is 5.56 Å². The number of ether oxygens (including phenoxy) is 1. The number of amides is 1. The molecule has 0 spiro atoms. The molecule has 0 aliphatic carbocycles. The van der Waals surface area contributed by atoms with E-state index in [0.717, 1.165) is 11.3 Å². The third-order valence-electron chi connectivity index (χ3n) is 2.63. The van der Waals surface area contributed by atoms with Crippen LogP contribution in [0.3, 0.4) is 0 Å². The lowest BCUT2D eigenvalue weighted by molar-refractivity contribution is -0.121. The van der Waals surface area contributed by atoms with Gasteiger partial charge in [-0.2, -0.15) is 0 Å². The first-order valence-electron chi connectivity index (χ1n) is 5.75. The molecule has 2 rings (SSSR count). The summed E-state index contributed by atoms with van der Waals surface area (Å²) in [5, 5.41) is 3.12. The van der Waals surface area contributed by atoms with Crippen molar-refractivity contribution in [3.05, 3.63) is 47.5 Å². The molecule has 5 nitrogen and oxygen atoms in total. The largest absolute Gasteiger partial charge is 0.497 e. The Hall–Kier alpha value is -2.01. The quantitative estimate of drug-likeness (QED) is 0.909. The van der Waals surface area contributed by atoms with Crippen molar-refractivity contribution >= 4 is 17.5 Å². The van der Waals surface area contributed by atoms with E-state index >= 15 is 0 Å². The fourth-order valence-corrected chi connectivity index (χ4v) is 1.76. The molecule has 0 radical (unpaired) electrons. The number of rotatable bonds is 5. The molecule has 100 valence electrons. The Labute approximate surface area is 116 Å². The Kier molecular flexibility index (Phi) is 4.41. The van der Waals surface area contributed by atoms with Crippen LogP contribution in [0.5, 0.6) is 5.75 Å². The highest BCUT2D eigenvalue weighted by Crippen LogP contribution is 2.11. The minimum Gasteiger partial charge on any atom is -0.497 e. The summed E-state index contributed by atoms with van der Waals surface area (Å²) in [6, 6.07) is 7.52. The van der Waals surface area contributed by atoms with Crippen LogP contribution in [0.25, 0.3) is 0 Å². The van der Waals surface area contributed by atoms with Crippen LogP contribution in [0.15, 0.2) is 36.7 Å². The lowest BCUT2D eigenvalue weighted by atomic mass is 10.2. The molecule has 0 aliphatic rings. The van der Waals surface area contributed by atoms with Gasteiger partial charge in [-0.05, 0) is 29.3 Å². The van der Waals surface area contributed by atoms with E-state index in [4.69, 9.17) is 16.3 Å². The van der Waals surface area contributed by atoms with Crippen molar-refractivity contribution in [2.45, 2.75) is 13.1 Å². The average Bonchev–Trinajstić information content (AvgIpc) is 2.82. The summed E-state index contributed by atoms with van der Waals surface area (Å²) in [6.45, 7) is 0.629. The summed E-state index contributed by atoms with van der Waals surface area (Å²) < 4.78 is 6.64. The number of nitrogens with zero attached hydrogens (tertiary/aromatic N) is 2. The highest BCUT2D eigenvalue weighted by Gasteiger charge is 2.05. The van der Waals surface area contributed by atoms with Gasteiger partial charge in [0.05, 0.1) is 7.11 Å². The van der Waals surface area contributed by atoms with Gasteiger partial charge in [-0.15, -0.1) is 0 Å². The average molecular weight is 280 g/mol. The molecule has 1 N–H and O–H groups in total. The van der Waals surface area contributed by atoms with Crippen molar-refractivity contribution in [3.63, 3.8) is 0 Å². The molecule has 0 saturated heterocycles. The van der Waals surface area contributed by atoms with E-state index in [2.05, 4.69) is 10.3 Å². The van der Waals surface area contributed by atoms with Gasteiger partial charge in [0, 0.05) is 18.9 Å². The van der Waals surface area contributed by atoms with Gasteiger partial charge in [0.25, 0.3) is 0 Å². The maximum atomic E-state index is 11.7. The Balaban J connectivity index is 1.84. The van der Waals surface area contributed by atoms with Gasteiger partial charge in [0.1, 0.15) is 12.3 Å². The number of carbonyl (C=O) groups excluding carboxylic acids is 1. The van der Waals surface area contributed by atoms with Crippen molar-refractivity contribution in [1.29, 1.82) is 0 Å². The zero-order valence-electron chi connectivity index (χ0n) is 10.5. The fraction of sp³-hybridized carbons (Fsp3) is 0.231. The second kappa shape index (κ2) is 6.24. The zero-order chi connectivity index (χ0) is 13.7. The minimum absolute atomic E-state index is 0.115. The van der Waals surface area contributed by atoms with Crippen LogP contribution in [0.4, 0.5) is 0 Å². The zero-order valence-corrected chi connectivity index (χ0v) is 11.2. The summed E-state index contributed by atoms with van der Waals surface area (Å²) in [4.78, 5) is 15.6. The van der Waals surface area contributed by atoms with E-state index in [1.54, 1.807) is 24.1 Å². The summed E-state index contributed by atoms with van der Waals surface area (Å²) in [5.41, 5.74) is 1.01. The van der Waals surface area contributed by atoms with E-state index in [1.165, 1.54) is 0 Å². The first-order valence-corrected chi connectivity index (χ1v) is 6.13. The van der Waals surface area contributed by atoms with Gasteiger partial charge >= 0.3 is 0 Å². The molecule has 1 aromatic carbocycles. The van der Waals surface area contributed by atoms with Crippen molar-refractivity contribution < 1.29 is 9.53 Å². The number of benzene rings is 1. The van der Waals surface area contributed by atoms with Crippen molar-refractivity contribution in [2.75, 3.05) is 7.11 Å². The van der Waals surface area contributed by atoms with E-state index in [0.29, 0.717) is 11.8 Å². The molecule has 1 aromatic heterocycles. The Morgan fingerprint density at radius 2 is 2.16 bits per heavy atom. The third kappa shape index (κ3) is 3.72. The van der Waals surface area contributed by atoms with E-state index in [-0.39, 0.29) is 12.5 Å². The van der Waals surface area contributed by atoms with Gasteiger partial charge in [-0.1, -0.05) is 12.1 Å². The van der Waals surface area contributed by atoms with E-state index in [9.17, 15) is 4.79 Å². The summed E-state index contributed by atoms with van der Waals surface area (Å²) in [7, 11) is 1.62. The number of aromatic nitrogens is 2. The molecule has 0 aliphatic heterocycles. The number of hydrogen-bond donors (Lipinski definition) is 1. The summed E-state index contributed by atoms with van der Waals surface area (Å²) in [5.74, 6) is 0.677. The highest BCUT2D eigenvalue weighted by molar-refractivity contribution is 6.28. The van der Waals surface area contributed by atoms with Crippen LogP contribution in [0, 0.1) is 0 Å². The maximum Gasteiger partial charge on any atom is 0.240 e. The van der Waals surface area contributed by atoms with Crippen molar-refractivity contribution in [1.82, 2.24) is 14.9 Å². The summed E-state index contributed by atoms with van der Waals surface area (Å²) >= 11 is 5.79. The predicted octanol–water partition coefficient (Wildman–Crippen LogP) is 1.86. The van der Waals surface area contributed by atoms with Crippen molar-refractivity contribution in [2.24, 2.45) is 0 Å². The monoisotopic (exact) mass is 279 g/mol. The van der Waals surface area contributed by atoms with Gasteiger partial charge in [-0.3, -0.25) is 4.79 Å². The molecule has 1 heterocycles. The molecule has 0 atom stereocenters. The summed E-state index contributed by atoms with van der Waals surface area (Å²) in [6.07, 6.45) is 3.22. The van der Waals surface area contributed by atoms with E-state index < -0.39 is 0 Å². The number of hydrogen-bond acceptors (Lipinski definition) is 3. The molecular weight excluding hydrogens is 266 g/mol. The number of nitrogens with one attached hydrogen (secondary N) is 1. The minimum atomic E-state index is -0.115. The highest BCUT2D eigenvalue weighted by atomic mass is 35.5. The lowest BCUT2D eigenvalue weighted by Crippen LogP contribution is -2.26. The first kappa shape index (κ1) is 13.4. The molecule has 0 bridgehead atoms. The number of halogens is 1. The topological polar surface area (TPSA) is 56.1 Å². The van der Waals surface area contributed by atoms with Gasteiger partial charge in [0.15, 0.2) is 0 Å². The molecule has 2 aromatic rings. The molecule has 6 heteroatoms. The normalized spacial score (nSPS) is 10.2. The molecule has 0 unspecified atom stereocenters. The van der Waals surface area contributed by atoms with Crippen LogP contribution in [-0.4, -0.2) is 22.6 Å². The Morgan fingerprint density at radius 3 is 2.74 bits per heavy atom. The third-order valence-corrected chi connectivity index (χ3v) is 2.94. The molecule has 1 amide bonds. The fourth-order valence-electron chi connectivity index (χ4n) is 1.58. The standard InChI is InChI=1S/C13H14ClN3O2/c1-19-11-4-2-10(3-5-11)8-16-12(18)9-17-7-6-15-13(17)14/h2-7H,8-9H2,1H3,(H,16,18). The molecule has 0 saturated carbocycles.